The number of hydrogen-bond acceptors (Lipinski definition) is 6. The van der Waals surface area contributed by atoms with E-state index >= 15 is 0 Å². The Morgan fingerprint density at radius 2 is 2.00 bits per heavy atom. The summed E-state index contributed by atoms with van der Waals surface area (Å²) < 4.78 is 10.0. The summed E-state index contributed by atoms with van der Waals surface area (Å²) in [5.74, 6) is -0.764. The van der Waals surface area contributed by atoms with Crippen molar-refractivity contribution in [2.24, 2.45) is 5.92 Å². The Hall–Kier alpha value is -2.87. The molecule has 2 aromatic rings. The Kier molecular flexibility index (Phi) is 5.69. The van der Waals surface area contributed by atoms with Crippen LogP contribution < -0.4 is 15.0 Å². The van der Waals surface area contributed by atoms with E-state index in [9.17, 15) is 14.4 Å². The van der Waals surface area contributed by atoms with Gasteiger partial charge in [-0.3, -0.25) is 9.59 Å². The second kappa shape index (κ2) is 8.02. The Labute approximate surface area is 167 Å². The Bertz CT molecular complexity index is 937. The molecular weight excluding hydrogens is 380 g/mol. The zero-order chi connectivity index (χ0) is 20.4. The van der Waals surface area contributed by atoms with E-state index in [4.69, 9.17) is 9.47 Å². The first-order chi connectivity index (χ1) is 13.3. The molecule has 28 heavy (non-hydrogen) atoms. The highest BCUT2D eigenvalue weighted by atomic mass is 32.1. The Morgan fingerprint density at radius 1 is 1.25 bits per heavy atom. The molecule has 1 aromatic carbocycles. The summed E-state index contributed by atoms with van der Waals surface area (Å²) >= 11 is 1.33. The predicted molar refractivity (Wildman–Crippen MR) is 107 cm³/mol. The van der Waals surface area contributed by atoms with Crippen LogP contribution in [0.2, 0.25) is 0 Å². The number of nitrogens with one attached hydrogen (secondary N) is 1. The van der Waals surface area contributed by atoms with Crippen molar-refractivity contribution < 1.29 is 23.9 Å². The van der Waals surface area contributed by atoms with Crippen molar-refractivity contribution >= 4 is 39.8 Å². The number of hydrogen-bond donors (Lipinski definition) is 1. The average molecular weight is 402 g/mol. The third kappa shape index (κ3) is 3.73. The first-order valence-electron chi connectivity index (χ1n) is 8.79. The van der Waals surface area contributed by atoms with Gasteiger partial charge < -0.3 is 19.7 Å². The molecule has 148 valence electrons. The quantitative estimate of drug-likeness (QED) is 0.777. The molecule has 1 fully saturated rings. The van der Waals surface area contributed by atoms with Crippen molar-refractivity contribution in [3.05, 3.63) is 40.3 Å². The van der Waals surface area contributed by atoms with Gasteiger partial charge in [-0.1, -0.05) is 6.07 Å². The van der Waals surface area contributed by atoms with Gasteiger partial charge in [0.15, 0.2) is 0 Å². The van der Waals surface area contributed by atoms with Gasteiger partial charge in [-0.15, -0.1) is 11.3 Å². The van der Waals surface area contributed by atoms with Crippen molar-refractivity contribution in [2.75, 3.05) is 31.0 Å². The van der Waals surface area contributed by atoms with Crippen molar-refractivity contribution in [3.8, 4) is 5.75 Å². The number of amides is 2. The number of anilines is 2. The van der Waals surface area contributed by atoms with E-state index in [2.05, 4.69) is 5.32 Å². The molecule has 1 N–H and O–H groups in total. The Morgan fingerprint density at radius 3 is 2.68 bits per heavy atom. The van der Waals surface area contributed by atoms with Crippen LogP contribution in [0.4, 0.5) is 10.7 Å². The summed E-state index contributed by atoms with van der Waals surface area (Å²) in [6.07, 6.45) is 0.111. The summed E-state index contributed by atoms with van der Waals surface area (Å²) in [5, 5.41) is 3.28. The molecule has 3 rings (SSSR count). The fourth-order valence-electron chi connectivity index (χ4n) is 3.19. The van der Waals surface area contributed by atoms with Gasteiger partial charge >= 0.3 is 5.97 Å². The fourth-order valence-corrected chi connectivity index (χ4v) is 4.24. The van der Waals surface area contributed by atoms with Crippen LogP contribution in [-0.2, 0) is 14.3 Å². The lowest BCUT2D eigenvalue weighted by atomic mass is 10.1. The number of aryl methyl sites for hydroxylation is 1. The largest absolute Gasteiger partial charge is 0.497 e. The van der Waals surface area contributed by atoms with E-state index in [-0.39, 0.29) is 24.8 Å². The highest BCUT2D eigenvalue weighted by Crippen LogP contribution is 2.34. The molecule has 0 unspecified atom stereocenters. The van der Waals surface area contributed by atoms with E-state index in [1.165, 1.54) is 18.4 Å². The first-order valence-corrected chi connectivity index (χ1v) is 9.61. The number of carbonyl (C=O) groups is 3. The molecule has 0 spiro atoms. The van der Waals surface area contributed by atoms with Crippen molar-refractivity contribution in [1.29, 1.82) is 0 Å². The summed E-state index contributed by atoms with van der Waals surface area (Å²) in [6.45, 7) is 3.97. The highest BCUT2D eigenvalue weighted by Gasteiger charge is 2.36. The molecule has 8 heteroatoms. The molecule has 1 saturated heterocycles. The van der Waals surface area contributed by atoms with Crippen molar-refractivity contribution in [2.45, 2.75) is 20.3 Å². The second-order valence-electron chi connectivity index (χ2n) is 6.58. The Balaban J connectivity index is 1.77. The van der Waals surface area contributed by atoms with Crippen molar-refractivity contribution in [3.63, 3.8) is 0 Å². The molecule has 2 heterocycles. The fraction of sp³-hybridized carbons (Fsp3) is 0.350. The standard InChI is InChI=1S/C20H22N2O5S/c1-11-12(2)28-19(17(11)20(25)27-4)21-18(24)13-8-16(23)22(10-13)14-6-5-7-15(9-14)26-3/h5-7,9,13H,8,10H2,1-4H3,(H,21,24)/t13-/m0/s1. The number of carbonyl (C=O) groups excluding carboxylic acids is 3. The average Bonchev–Trinajstić information content (AvgIpc) is 3.21. The monoisotopic (exact) mass is 402 g/mol. The van der Waals surface area contributed by atoms with Gasteiger partial charge in [-0.05, 0) is 31.5 Å². The van der Waals surface area contributed by atoms with Gasteiger partial charge in [0.05, 0.1) is 25.7 Å². The molecule has 1 atom stereocenters. The molecule has 0 bridgehead atoms. The summed E-state index contributed by atoms with van der Waals surface area (Å²) in [7, 11) is 2.87. The van der Waals surface area contributed by atoms with Crippen LogP contribution in [-0.4, -0.2) is 38.5 Å². The van der Waals surface area contributed by atoms with Gasteiger partial charge in [-0.2, -0.15) is 0 Å². The molecule has 1 aliphatic rings. The van der Waals surface area contributed by atoms with Gasteiger partial charge in [0.1, 0.15) is 10.8 Å². The predicted octanol–water partition coefficient (Wildman–Crippen LogP) is 3.15. The highest BCUT2D eigenvalue weighted by molar-refractivity contribution is 7.16. The van der Waals surface area contributed by atoms with E-state index in [0.29, 0.717) is 22.0 Å². The minimum Gasteiger partial charge on any atom is -0.497 e. The maximum absolute atomic E-state index is 12.8. The van der Waals surface area contributed by atoms with E-state index in [1.54, 1.807) is 30.2 Å². The molecule has 1 aliphatic heterocycles. The molecular formula is C20H22N2O5S. The third-order valence-electron chi connectivity index (χ3n) is 4.87. The number of thiophene rings is 1. The molecule has 0 saturated carbocycles. The minimum absolute atomic E-state index is 0.111. The van der Waals surface area contributed by atoms with Crippen LogP contribution in [0.15, 0.2) is 24.3 Å². The lowest BCUT2D eigenvalue weighted by Gasteiger charge is -2.17. The van der Waals surface area contributed by atoms with Crippen LogP contribution in [0, 0.1) is 19.8 Å². The maximum atomic E-state index is 12.8. The number of methoxy groups -OCH3 is 2. The smallest absolute Gasteiger partial charge is 0.341 e. The maximum Gasteiger partial charge on any atom is 0.341 e. The van der Waals surface area contributed by atoms with Crippen LogP contribution in [0.3, 0.4) is 0 Å². The topological polar surface area (TPSA) is 84.9 Å². The zero-order valence-electron chi connectivity index (χ0n) is 16.2. The third-order valence-corrected chi connectivity index (χ3v) is 6.00. The van der Waals surface area contributed by atoms with Crippen LogP contribution in [0.25, 0.3) is 0 Å². The second-order valence-corrected chi connectivity index (χ2v) is 7.80. The summed E-state index contributed by atoms with van der Waals surface area (Å²) in [4.78, 5) is 39.8. The van der Waals surface area contributed by atoms with Crippen LogP contribution >= 0.6 is 11.3 Å². The SMILES string of the molecule is COC(=O)c1c(NC(=O)[C@H]2CC(=O)N(c3cccc(OC)c3)C2)sc(C)c1C. The number of esters is 1. The molecule has 7 nitrogen and oxygen atoms in total. The molecule has 0 aliphatic carbocycles. The normalized spacial score (nSPS) is 16.2. The zero-order valence-corrected chi connectivity index (χ0v) is 17.0. The molecule has 0 radical (unpaired) electrons. The number of rotatable bonds is 5. The van der Waals surface area contributed by atoms with Gasteiger partial charge in [-0.25, -0.2) is 4.79 Å². The summed E-state index contributed by atoms with van der Waals surface area (Å²) in [5.41, 5.74) is 1.85. The lowest BCUT2D eigenvalue weighted by Crippen LogP contribution is -2.28. The van der Waals surface area contributed by atoms with Crippen molar-refractivity contribution in [1.82, 2.24) is 0 Å². The van der Waals surface area contributed by atoms with E-state index in [1.807, 2.05) is 19.9 Å². The summed E-state index contributed by atoms with van der Waals surface area (Å²) in [6, 6.07) is 7.17. The number of benzene rings is 1. The molecule has 1 aromatic heterocycles. The van der Waals surface area contributed by atoms with E-state index in [0.717, 1.165) is 10.4 Å². The molecule has 2 amide bonds. The van der Waals surface area contributed by atoms with Crippen LogP contribution in [0.5, 0.6) is 5.75 Å². The number of nitrogens with zero attached hydrogens (tertiary/aromatic N) is 1. The minimum atomic E-state index is -0.507. The van der Waals surface area contributed by atoms with Gasteiger partial charge in [0.25, 0.3) is 0 Å². The number of ether oxygens (including phenoxy) is 2. The van der Waals surface area contributed by atoms with Gasteiger partial charge in [0.2, 0.25) is 11.8 Å². The van der Waals surface area contributed by atoms with E-state index < -0.39 is 11.9 Å². The van der Waals surface area contributed by atoms with Crippen LogP contribution in [0.1, 0.15) is 27.2 Å². The lowest BCUT2D eigenvalue weighted by molar-refractivity contribution is -0.122. The van der Waals surface area contributed by atoms with Gasteiger partial charge in [0, 0.05) is 29.6 Å². The first kappa shape index (κ1) is 19.9.